The Balaban J connectivity index is 2.52. The van der Waals surface area contributed by atoms with Crippen LogP contribution < -0.4 is 0 Å². The molecular weight excluding hydrogens is 229 g/mol. The summed E-state index contributed by atoms with van der Waals surface area (Å²) in [5, 5.41) is 4.63. The second-order valence-electron chi connectivity index (χ2n) is 3.73. The summed E-state index contributed by atoms with van der Waals surface area (Å²) in [7, 11) is 0. The van der Waals surface area contributed by atoms with Crippen LogP contribution in [0, 0.1) is 5.82 Å². The SMILES string of the molecule is CC(C)n1cc(Cl)c(-c2ncccc2F)n1. The highest BCUT2D eigenvalue weighted by atomic mass is 35.5. The zero-order valence-corrected chi connectivity index (χ0v) is 9.74. The van der Waals surface area contributed by atoms with Crippen molar-refractivity contribution in [2.75, 3.05) is 0 Å². The Morgan fingerprint density at radius 2 is 2.12 bits per heavy atom. The predicted molar refractivity (Wildman–Crippen MR) is 60.8 cm³/mol. The quantitative estimate of drug-likeness (QED) is 0.805. The van der Waals surface area contributed by atoms with Crippen molar-refractivity contribution in [2.24, 2.45) is 0 Å². The van der Waals surface area contributed by atoms with Crippen LogP contribution in [-0.4, -0.2) is 14.8 Å². The Morgan fingerprint density at radius 3 is 2.69 bits per heavy atom. The van der Waals surface area contributed by atoms with Crippen molar-refractivity contribution in [1.82, 2.24) is 14.8 Å². The van der Waals surface area contributed by atoms with Crippen LogP contribution in [0.2, 0.25) is 5.02 Å². The van der Waals surface area contributed by atoms with Crippen LogP contribution in [0.5, 0.6) is 0 Å². The van der Waals surface area contributed by atoms with Gasteiger partial charge in [0, 0.05) is 18.4 Å². The average Bonchev–Trinajstić information content (AvgIpc) is 2.61. The van der Waals surface area contributed by atoms with Crippen molar-refractivity contribution < 1.29 is 4.39 Å². The normalized spacial score (nSPS) is 11.1. The molecule has 0 bridgehead atoms. The van der Waals surface area contributed by atoms with E-state index in [1.165, 1.54) is 18.3 Å². The Bertz CT molecular complexity index is 508. The zero-order chi connectivity index (χ0) is 11.7. The maximum atomic E-state index is 13.5. The summed E-state index contributed by atoms with van der Waals surface area (Å²) in [6, 6.07) is 3.05. The molecule has 0 saturated heterocycles. The van der Waals surface area contributed by atoms with Crippen molar-refractivity contribution in [3.63, 3.8) is 0 Å². The van der Waals surface area contributed by atoms with Crippen LogP contribution in [-0.2, 0) is 0 Å². The molecule has 0 fully saturated rings. The maximum absolute atomic E-state index is 13.5. The van der Waals surface area contributed by atoms with E-state index in [0.717, 1.165) is 0 Å². The van der Waals surface area contributed by atoms with E-state index in [1.54, 1.807) is 10.9 Å². The number of aromatic nitrogens is 3. The van der Waals surface area contributed by atoms with Crippen LogP contribution in [0.25, 0.3) is 11.4 Å². The Kier molecular flexibility index (Phi) is 2.92. The molecule has 0 saturated carbocycles. The molecule has 0 spiro atoms. The van der Waals surface area contributed by atoms with Crippen LogP contribution in [0.3, 0.4) is 0 Å². The van der Waals surface area contributed by atoms with E-state index in [4.69, 9.17) is 11.6 Å². The first-order valence-corrected chi connectivity index (χ1v) is 5.33. The topological polar surface area (TPSA) is 30.7 Å². The lowest BCUT2D eigenvalue weighted by molar-refractivity contribution is 0.533. The van der Waals surface area contributed by atoms with Gasteiger partial charge in [-0.25, -0.2) is 4.39 Å². The molecule has 0 aliphatic carbocycles. The van der Waals surface area contributed by atoms with Crippen LogP contribution in [0.15, 0.2) is 24.5 Å². The largest absolute Gasteiger partial charge is 0.268 e. The van der Waals surface area contributed by atoms with Crippen molar-refractivity contribution in [1.29, 1.82) is 0 Å². The van der Waals surface area contributed by atoms with Crippen LogP contribution in [0.4, 0.5) is 4.39 Å². The molecule has 0 aromatic carbocycles. The molecule has 5 heteroatoms. The Morgan fingerprint density at radius 1 is 1.38 bits per heavy atom. The molecule has 0 atom stereocenters. The average molecular weight is 240 g/mol. The van der Waals surface area contributed by atoms with Gasteiger partial charge in [0.05, 0.1) is 5.02 Å². The summed E-state index contributed by atoms with van der Waals surface area (Å²) in [5.74, 6) is -0.418. The zero-order valence-electron chi connectivity index (χ0n) is 8.98. The fourth-order valence-electron chi connectivity index (χ4n) is 1.35. The Hall–Kier alpha value is -1.42. The van der Waals surface area contributed by atoms with Gasteiger partial charge in [0.1, 0.15) is 11.4 Å². The third-order valence-electron chi connectivity index (χ3n) is 2.20. The number of halogens is 2. The molecule has 2 aromatic rings. The van der Waals surface area contributed by atoms with Crippen LogP contribution in [0.1, 0.15) is 19.9 Å². The summed E-state index contributed by atoms with van der Waals surface area (Å²) in [6.07, 6.45) is 3.19. The minimum Gasteiger partial charge on any atom is -0.268 e. The molecular formula is C11H11ClFN3. The van der Waals surface area contributed by atoms with E-state index in [1.807, 2.05) is 13.8 Å². The minimum absolute atomic E-state index is 0.179. The molecule has 2 heterocycles. The fraction of sp³-hybridized carbons (Fsp3) is 0.273. The highest BCUT2D eigenvalue weighted by molar-refractivity contribution is 6.32. The number of nitrogens with zero attached hydrogens (tertiary/aromatic N) is 3. The van der Waals surface area contributed by atoms with E-state index in [-0.39, 0.29) is 11.7 Å². The minimum atomic E-state index is -0.418. The van der Waals surface area contributed by atoms with Gasteiger partial charge in [-0.05, 0) is 26.0 Å². The third kappa shape index (κ3) is 1.93. The van der Waals surface area contributed by atoms with Gasteiger partial charge < -0.3 is 0 Å². The van der Waals surface area contributed by atoms with Crippen molar-refractivity contribution in [3.8, 4) is 11.4 Å². The number of rotatable bonds is 2. The van der Waals surface area contributed by atoms with Gasteiger partial charge >= 0.3 is 0 Å². The standard InChI is InChI=1S/C11H11ClFN3/c1-7(2)16-6-8(12)10(15-16)11-9(13)4-3-5-14-11/h3-7H,1-2H3. The molecule has 0 unspecified atom stereocenters. The van der Waals surface area contributed by atoms with Gasteiger partial charge in [-0.3, -0.25) is 9.67 Å². The molecule has 0 aliphatic heterocycles. The summed E-state index contributed by atoms with van der Waals surface area (Å²) in [6.45, 7) is 3.95. The van der Waals surface area contributed by atoms with E-state index in [0.29, 0.717) is 10.7 Å². The molecule has 0 amide bonds. The number of hydrogen-bond acceptors (Lipinski definition) is 2. The monoisotopic (exact) mass is 239 g/mol. The summed E-state index contributed by atoms with van der Waals surface area (Å²) in [4.78, 5) is 3.95. The summed E-state index contributed by atoms with van der Waals surface area (Å²) in [5.41, 5.74) is 0.570. The first-order valence-electron chi connectivity index (χ1n) is 4.95. The lowest BCUT2D eigenvalue weighted by Crippen LogP contribution is -2.01. The molecule has 2 aromatic heterocycles. The molecule has 84 valence electrons. The van der Waals surface area contributed by atoms with Gasteiger partial charge in [-0.15, -0.1) is 0 Å². The van der Waals surface area contributed by atoms with Gasteiger partial charge in [0.25, 0.3) is 0 Å². The van der Waals surface area contributed by atoms with Crippen LogP contribution >= 0.6 is 11.6 Å². The van der Waals surface area contributed by atoms with Crippen molar-refractivity contribution in [3.05, 3.63) is 35.4 Å². The second kappa shape index (κ2) is 4.22. The van der Waals surface area contributed by atoms with Gasteiger partial charge in [0.2, 0.25) is 0 Å². The smallest absolute Gasteiger partial charge is 0.151 e. The molecule has 2 rings (SSSR count). The van der Waals surface area contributed by atoms with E-state index >= 15 is 0 Å². The van der Waals surface area contributed by atoms with Crippen molar-refractivity contribution >= 4 is 11.6 Å². The first kappa shape index (κ1) is 11.1. The van der Waals surface area contributed by atoms with Gasteiger partial charge in [-0.1, -0.05) is 11.6 Å². The predicted octanol–water partition coefficient (Wildman–Crippen LogP) is 3.32. The molecule has 0 radical (unpaired) electrons. The molecule has 0 N–H and O–H groups in total. The van der Waals surface area contributed by atoms with E-state index in [2.05, 4.69) is 10.1 Å². The van der Waals surface area contributed by atoms with Gasteiger partial charge in [0.15, 0.2) is 5.82 Å². The van der Waals surface area contributed by atoms with Crippen molar-refractivity contribution in [2.45, 2.75) is 19.9 Å². The third-order valence-corrected chi connectivity index (χ3v) is 2.48. The summed E-state index contributed by atoms with van der Waals surface area (Å²) < 4.78 is 15.2. The maximum Gasteiger partial charge on any atom is 0.151 e. The number of pyridine rings is 1. The fourth-order valence-corrected chi connectivity index (χ4v) is 1.58. The lowest BCUT2D eigenvalue weighted by atomic mass is 10.2. The lowest BCUT2D eigenvalue weighted by Gasteiger charge is -2.03. The van der Waals surface area contributed by atoms with E-state index < -0.39 is 5.82 Å². The second-order valence-corrected chi connectivity index (χ2v) is 4.14. The molecule has 16 heavy (non-hydrogen) atoms. The summed E-state index contributed by atoms with van der Waals surface area (Å²) >= 11 is 6.01. The van der Waals surface area contributed by atoms with E-state index in [9.17, 15) is 4.39 Å². The Labute approximate surface area is 97.9 Å². The number of hydrogen-bond donors (Lipinski definition) is 0. The molecule has 3 nitrogen and oxygen atoms in total. The molecule has 0 aliphatic rings. The first-order chi connectivity index (χ1) is 7.59. The van der Waals surface area contributed by atoms with Gasteiger partial charge in [-0.2, -0.15) is 5.10 Å². The highest BCUT2D eigenvalue weighted by Crippen LogP contribution is 2.27. The highest BCUT2D eigenvalue weighted by Gasteiger charge is 2.15.